The van der Waals surface area contributed by atoms with Gasteiger partial charge in [-0.25, -0.2) is 4.79 Å². The van der Waals surface area contributed by atoms with Crippen molar-refractivity contribution in [1.82, 2.24) is 15.1 Å². The summed E-state index contributed by atoms with van der Waals surface area (Å²) in [5, 5.41) is 2.88. The summed E-state index contributed by atoms with van der Waals surface area (Å²) in [6.07, 6.45) is 0.855. The van der Waals surface area contributed by atoms with Gasteiger partial charge in [0.05, 0.1) is 12.6 Å². The Balaban J connectivity index is 1.82. The Labute approximate surface area is 94.5 Å². The molecule has 2 heterocycles. The number of carbonyl (C=O) groups is 2. The molecule has 90 valence electrons. The maximum absolute atomic E-state index is 11.8. The van der Waals surface area contributed by atoms with Crippen LogP contribution in [0, 0.1) is 0 Å². The van der Waals surface area contributed by atoms with Gasteiger partial charge in [0.15, 0.2) is 0 Å². The molecule has 0 bridgehead atoms. The first-order valence-electron chi connectivity index (χ1n) is 5.54. The molecule has 1 unspecified atom stereocenters. The molecule has 1 atom stereocenters. The van der Waals surface area contributed by atoms with Gasteiger partial charge in [0.2, 0.25) is 5.91 Å². The van der Waals surface area contributed by atoms with Crippen LogP contribution in [0.15, 0.2) is 0 Å². The average Bonchev–Trinajstić information content (AvgIpc) is 2.74. The third kappa shape index (κ3) is 2.44. The Kier molecular flexibility index (Phi) is 3.28. The van der Waals surface area contributed by atoms with Gasteiger partial charge in [0.1, 0.15) is 6.54 Å². The Bertz CT molecular complexity index is 289. The summed E-state index contributed by atoms with van der Waals surface area (Å²) in [7, 11) is 1.75. The molecule has 16 heavy (non-hydrogen) atoms. The molecule has 0 spiro atoms. The molecule has 0 saturated carbocycles. The highest BCUT2D eigenvalue weighted by Gasteiger charge is 2.27. The molecular weight excluding hydrogens is 210 g/mol. The molecule has 2 aliphatic rings. The van der Waals surface area contributed by atoms with Crippen molar-refractivity contribution in [3.8, 4) is 0 Å². The van der Waals surface area contributed by atoms with Crippen LogP contribution in [0.4, 0.5) is 4.79 Å². The number of urea groups is 1. The number of rotatable bonds is 1. The minimum absolute atomic E-state index is 0.0101. The van der Waals surface area contributed by atoms with Crippen molar-refractivity contribution in [2.45, 2.75) is 12.5 Å². The minimum Gasteiger partial charge on any atom is -0.379 e. The summed E-state index contributed by atoms with van der Waals surface area (Å²) in [6, 6.07) is -0.0563. The normalized spacial score (nSPS) is 26.1. The third-order valence-electron chi connectivity index (χ3n) is 3.00. The number of amides is 3. The van der Waals surface area contributed by atoms with Gasteiger partial charge < -0.3 is 19.9 Å². The zero-order valence-corrected chi connectivity index (χ0v) is 9.44. The van der Waals surface area contributed by atoms with Gasteiger partial charge in [-0.1, -0.05) is 0 Å². The Hall–Kier alpha value is -1.30. The van der Waals surface area contributed by atoms with Gasteiger partial charge in [-0.05, 0) is 6.42 Å². The highest BCUT2D eigenvalue weighted by molar-refractivity contribution is 5.85. The highest BCUT2D eigenvalue weighted by atomic mass is 16.5. The second-order valence-corrected chi connectivity index (χ2v) is 4.25. The summed E-state index contributed by atoms with van der Waals surface area (Å²) in [6.45, 7) is 2.66. The molecule has 3 amide bonds. The molecular formula is C10H17N3O3. The van der Waals surface area contributed by atoms with E-state index >= 15 is 0 Å². The van der Waals surface area contributed by atoms with Crippen molar-refractivity contribution >= 4 is 11.9 Å². The van der Waals surface area contributed by atoms with Gasteiger partial charge >= 0.3 is 6.03 Å². The average molecular weight is 227 g/mol. The summed E-state index contributed by atoms with van der Waals surface area (Å²) in [5.41, 5.74) is 0. The van der Waals surface area contributed by atoms with Gasteiger partial charge in [-0.3, -0.25) is 4.79 Å². The first-order chi connectivity index (χ1) is 7.66. The monoisotopic (exact) mass is 227 g/mol. The Morgan fingerprint density at radius 2 is 2.31 bits per heavy atom. The van der Waals surface area contributed by atoms with Crippen LogP contribution in [-0.2, 0) is 9.53 Å². The molecule has 2 fully saturated rings. The maximum Gasteiger partial charge on any atom is 0.318 e. The summed E-state index contributed by atoms with van der Waals surface area (Å²) < 4.78 is 5.18. The van der Waals surface area contributed by atoms with Crippen LogP contribution in [0.5, 0.6) is 0 Å². The van der Waals surface area contributed by atoms with Crippen LogP contribution in [-0.4, -0.2) is 67.7 Å². The van der Waals surface area contributed by atoms with E-state index in [0.717, 1.165) is 6.42 Å². The van der Waals surface area contributed by atoms with Crippen molar-refractivity contribution < 1.29 is 14.3 Å². The number of likely N-dealkylation sites (N-methyl/N-ethyl adjacent to an activating group) is 1. The SMILES string of the molecule is CN1CCN(C(=O)NC2CCOC2)CC1=O. The maximum atomic E-state index is 11.8. The van der Waals surface area contributed by atoms with Crippen molar-refractivity contribution in [2.24, 2.45) is 0 Å². The first kappa shape index (κ1) is 11.2. The topological polar surface area (TPSA) is 61.9 Å². The van der Waals surface area contributed by atoms with Crippen LogP contribution < -0.4 is 5.32 Å². The molecule has 0 aromatic rings. The molecule has 0 aliphatic carbocycles. The Morgan fingerprint density at radius 3 is 2.94 bits per heavy atom. The Morgan fingerprint density at radius 1 is 1.50 bits per heavy atom. The van der Waals surface area contributed by atoms with E-state index in [1.54, 1.807) is 16.8 Å². The van der Waals surface area contributed by atoms with Crippen LogP contribution in [0.3, 0.4) is 0 Å². The lowest BCUT2D eigenvalue weighted by atomic mass is 10.2. The van der Waals surface area contributed by atoms with Crippen LogP contribution in [0.1, 0.15) is 6.42 Å². The van der Waals surface area contributed by atoms with Crippen molar-refractivity contribution in [3.63, 3.8) is 0 Å². The fourth-order valence-electron chi connectivity index (χ4n) is 1.85. The summed E-state index contributed by atoms with van der Waals surface area (Å²) >= 11 is 0. The second-order valence-electron chi connectivity index (χ2n) is 4.25. The first-order valence-corrected chi connectivity index (χ1v) is 5.54. The van der Waals surface area contributed by atoms with Crippen molar-refractivity contribution in [2.75, 3.05) is 39.9 Å². The molecule has 2 aliphatic heterocycles. The number of carbonyl (C=O) groups excluding carboxylic acids is 2. The number of hydrogen-bond donors (Lipinski definition) is 1. The number of hydrogen-bond acceptors (Lipinski definition) is 3. The zero-order chi connectivity index (χ0) is 11.5. The van der Waals surface area contributed by atoms with Crippen LogP contribution in [0.25, 0.3) is 0 Å². The van der Waals surface area contributed by atoms with E-state index in [-0.39, 0.29) is 24.5 Å². The lowest BCUT2D eigenvalue weighted by Crippen LogP contribution is -2.55. The van der Waals surface area contributed by atoms with Crippen molar-refractivity contribution in [3.05, 3.63) is 0 Å². The largest absolute Gasteiger partial charge is 0.379 e. The molecule has 2 saturated heterocycles. The van der Waals surface area contributed by atoms with Gasteiger partial charge in [0, 0.05) is 26.7 Å². The lowest BCUT2D eigenvalue weighted by Gasteiger charge is -2.32. The fourth-order valence-corrected chi connectivity index (χ4v) is 1.85. The number of nitrogens with zero attached hydrogens (tertiary/aromatic N) is 2. The summed E-state index contributed by atoms with van der Waals surface area (Å²) in [5.74, 6) is -0.0101. The lowest BCUT2D eigenvalue weighted by molar-refractivity contribution is -0.133. The molecule has 2 rings (SSSR count). The zero-order valence-electron chi connectivity index (χ0n) is 9.44. The van der Waals surface area contributed by atoms with E-state index in [4.69, 9.17) is 4.74 Å². The number of piperazine rings is 1. The number of nitrogens with one attached hydrogen (secondary N) is 1. The predicted octanol–water partition coefficient (Wildman–Crippen LogP) is -0.741. The van der Waals surface area contributed by atoms with E-state index in [2.05, 4.69) is 5.32 Å². The number of ether oxygens (including phenoxy) is 1. The van der Waals surface area contributed by atoms with E-state index in [9.17, 15) is 9.59 Å². The summed E-state index contributed by atoms with van der Waals surface area (Å²) in [4.78, 5) is 26.4. The predicted molar refractivity (Wildman–Crippen MR) is 57.0 cm³/mol. The van der Waals surface area contributed by atoms with Gasteiger partial charge in [0.25, 0.3) is 0 Å². The van der Waals surface area contributed by atoms with Crippen LogP contribution in [0.2, 0.25) is 0 Å². The highest BCUT2D eigenvalue weighted by Crippen LogP contribution is 2.06. The van der Waals surface area contributed by atoms with E-state index in [1.807, 2.05) is 0 Å². The third-order valence-corrected chi connectivity index (χ3v) is 3.00. The van der Waals surface area contributed by atoms with E-state index < -0.39 is 0 Å². The van der Waals surface area contributed by atoms with Gasteiger partial charge in [-0.2, -0.15) is 0 Å². The molecule has 6 heteroatoms. The second kappa shape index (κ2) is 4.69. The fraction of sp³-hybridized carbons (Fsp3) is 0.800. The van der Waals surface area contributed by atoms with Crippen molar-refractivity contribution in [1.29, 1.82) is 0 Å². The van der Waals surface area contributed by atoms with Crippen LogP contribution >= 0.6 is 0 Å². The minimum atomic E-state index is -0.156. The quantitative estimate of drug-likeness (QED) is 0.641. The molecule has 0 aromatic carbocycles. The van der Waals surface area contributed by atoms with E-state index in [0.29, 0.717) is 26.3 Å². The molecule has 0 radical (unpaired) electrons. The van der Waals surface area contributed by atoms with E-state index in [1.165, 1.54) is 0 Å². The van der Waals surface area contributed by atoms with Gasteiger partial charge in [-0.15, -0.1) is 0 Å². The molecule has 0 aromatic heterocycles. The molecule has 6 nitrogen and oxygen atoms in total. The smallest absolute Gasteiger partial charge is 0.318 e. The molecule has 1 N–H and O–H groups in total. The standard InChI is InChI=1S/C10H17N3O3/c1-12-3-4-13(6-9(12)14)10(15)11-8-2-5-16-7-8/h8H,2-7H2,1H3,(H,11,15).